The van der Waals surface area contributed by atoms with Gasteiger partial charge in [-0.2, -0.15) is 0 Å². The lowest BCUT2D eigenvalue weighted by molar-refractivity contribution is 0.420. The Kier molecular flexibility index (Phi) is 3.01. The summed E-state index contributed by atoms with van der Waals surface area (Å²) in [6.07, 6.45) is 0. The lowest BCUT2D eigenvalue weighted by atomic mass is 10.0. The third-order valence-corrected chi connectivity index (χ3v) is 3.95. The van der Waals surface area contributed by atoms with Gasteiger partial charge in [-0.25, -0.2) is 4.98 Å². The Morgan fingerprint density at radius 2 is 1.50 bits per heavy atom. The van der Waals surface area contributed by atoms with Gasteiger partial charge in [-0.1, -0.05) is 60.7 Å². The van der Waals surface area contributed by atoms with Crippen LogP contribution in [0.25, 0.3) is 32.9 Å². The minimum absolute atomic E-state index is 0.862. The van der Waals surface area contributed by atoms with Gasteiger partial charge in [-0.05, 0) is 17.5 Å². The summed E-state index contributed by atoms with van der Waals surface area (Å²) in [5.41, 5.74) is 3.08. The topological polar surface area (TPSA) is 22.1 Å². The number of ether oxygens (including phenoxy) is 1. The van der Waals surface area contributed by atoms with Crippen LogP contribution in [0.3, 0.4) is 0 Å². The molecule has 106 valence electrons. The molecule has 0 radical (unpaired) electrons. The number of benzene rings is 3. The van der Waals surface area contributed by atoms with Crippen LogP contribution in [-0.2, 0) is 0 Å². The second-order valence-electron chi connectivity index (χ2n) is 5.26. The van der Waals surface area contributed by atoms with Gasteiger partial charge < -0.3 is 4.74 Å². The first kappa shape index (κ1) is 12.8. The van der Waals surface area contributed by atoms with Crippen molar-refractivity contribution in [2.75, 3.05) is 7.11 Å². The third kappa shape index (κ3) is 2.01. The largest absolute Gasteiger partial charge is 0.496 e. The molecule has 3 aromatic carbocycles. The van der Waals surface area contributed by atoms with Crippen molar-refractivity contribution < 1.29 is 4.74 Å². The Morgan fingerprint density at radius 1 is 0.727 bits per heavy atom. The molecule has 0 aliphatic carbocycles. The van der Waals surface area contributed by atoms with Crippen LogP contribution in [0.1, 0.15) is 0 Å². The van der Waals surface area contributed by atoms with Crippen molar-refractivity contribution in [1.29, 1.82) is 0 Å². The summed E-state index contributed by atoms with van der Waals surface area (Å²) >= 11 is 0. The number of pyridine rings is 1. The van der Waals surface area contributed by atoms with E-state index in [0.29, 0.717) is 0 Å². The van der Waals surface area contributed by atoms with Gasteiger partial charge in [0, 0.05) is 10.9 Å². The Balaban J connectivity index is 2.07. The Bertz CT molecular complexity index is 961. The van der Waals surface area contributed by atoms with Crippen molar-refractivity contribution in [1.82, 2.24) is 4.98 Å². The van der Waals surface area contributed by atoms with Gasteiger partial charge in [0.15, 0.2) is 0 Å². The van der Waals surface area contributed by atoms with E-state index >= 15 is 0 Å². The molecule has 0 aliphatic rings. The summed E-state index contributed by atoms with van der Waals surface area (Å²) in [5.74, 6) is 0.862. The molecular weight excluding hydrogens is 270 g/mol. The molecule has 0 amide bonds. The molecule has 4 aromatic rings. The lowest BCUT2D eigenvalue weighted by Gasteiger charge is -2.09. The number of nitrogens with zero attached hydrogens (tertiary/aromatic N) is 1. The van der Waals surface area contributed by atoms with E-state index in [0.717, 1.165) is 38.7 Å². The first-order chi connectivity index (χ1) is 10.9. The molecule has 0 atom stereocenters. The zero-order valence-electron chi connectivity index (χ0n) is 12.3. The monoisotopic (exact) mass is 285 g/mol. The second-order valence-corrected chi connectivity index (χ2v) is 5.26. The Hall–Kier alpha value is -2.87. The number of rotatable bonds is 2. The molecule has 0 fully saturated rings. The highest BCUT2D eigenvalue weighted by Crippen LogP contribution is 2.33. The molecule has 0 bridgehead atoms. The highest BCUT2D eigenvalue weighted by Gasteiger charge is 2.09. The average Bonchev–Trinajstić information content (AvgIpc) is 2.61. The fourth-order valence-corrected chi connectivity index (χ4v) is 2.86. The third-order valence-electron chi connectivity index (χ3n) is 3.95. The quantitative estimate of drug-likeness (QED) is 0.480. The molecule has 4 rings (SSSR count). The molecule has 0 saturated heterocycles. The van der Waals surface area contributed by atoms with Crippen LogP contribution in [0, 0.1) is 0 Å². The Morgan fingerprint density at radius 3 is 2.32 bits per heavy atom. The smallest absolute Gasteiger partial charge is 0.128 e. The molecule has 2 nitrogen and oxygen atoms in total. The van der Waals surface area contributed by atoms with E-state index < -0.39 is 0 Å². The summed E-state index contributed by atoms with van der Waals surface area (Å²) in [6.45, 7) is 0. The van der Waals surface area contributed by atoms with Gasteiger partial charge in [0.1, 0.15) is 5.75 Å². The molecule has 22 heavy (non-hydrogen) atoms. The van der Waals surface area contributed by atoms with Crippen LogP contribution >= 0.6 is 0 Å². The zero-order valence-corrected chi connectivity index (χ0v) is 12.3. The number of fused-ring (bicyclic) bond motifs is 3. The normalized spacial score (nSPS) is 11.0. The predicted molar refractivity (Wildman–Crippen MR) is 91.2 cm³/mol. The van der Waals surface area contributed by atoms with Crippen molar-refractivity contribution in [3.05, 3.63) is 72.8 Å². The number of hydrogen-bond donors (Lipinski definition) is 0. The minimum atomic E-state index is 0.862. The molecule has 2 heteroatoms. The van der Waals surface area contributed by atoms with Crippen LogP contribution in [0.5, 0.6) is 5.75 Å². The highest BCUT2D eigenvalue weighted by molar-refractivity contribution is 6.09. The molecule has 1 heterocycles. The molecule has 0 unspecified atom stereocenters. The number of hydrogen-bond acceptors (Lipinski definition) is 2. The maximum Gasteiger partial charge on any atom is 0.128 e. The molecule has 0 spiro atoms. The number of methoxy groups -OCH3 is 1. The molecule has 0 N–H and O–H groups in total. The number of aromatic nitrogens is 1. The van der Waals surface area contributed by atoms with E-state index in [-0.39, 0.29) is 0 Å². The van der Waals surface area contributed by atoms with Gasteiger partial charge in [-0.3, -0.25) is 0 Å². The standard InChI is InChI=1S/C20H15NO/c1-22-18-9-5-8-15-10-11-16-12-13-17(21-20(16)19(15)18)14-6-3-2-4-7-14/h2-13H,1H3. The van der Waals surface area contributed by atoms with Gasteiger partial charge in [-0.15, -0.1) is 0 Å². The maximum absolute atomic E-state index is 5.54. The van der Waals surface area contributed by atoms with Crippen LogP contribution in [0.4, 0.5) is 0 Å². The van der Waals surface area contributed by atoms with E-state index in [1.165, 1.54) is 0 Å². The first-order valence-corrected chi connectivity index (χ1v) is 7.29. The predicted octanol–water partition coefficient (Wildman–Crippen LogP) is 5.06. The maximum atomic E-state index is 5.54. The first-order valence-electron chi connectivity index (χ1n) is 7.29. The van der Waals surface area contributed by atoms with E-state index in [9.17, 15) is 0 Å². The summed E-state index contributed by atoms with van der Waals surface area (Å²) in [4.78, 5) is 4.90. The van der Waals surface area contributed by atoms with E-state index in [1.54, 1.807) is 7.11 Å². The average molecular weight is 285 g/mol. The molecular formula is C20H15NO. The van der Waals surface area contributed by atoms with Crippen LogP contribution in [0.2, 0.25) is 0 Å². The van der Waals surface area contributed by atoms with E-state index in [4.69, 9.17) is 9.72 Å². The van der Waals surface area contributed by atoms with Crippen molar-refractivity contribution >= 4 is 21.7 Å². The second kappa shape index (κ2) is 5.15. The van der Waals surface area contributed by atoms with Gasteiger partial charge >= 0.3 is 0 Å². The fraction of sp³-hybridized carbons (Fsp3) is 0.0500. The summed E-state index contributed by atoms with van der Waals surface area (Å²) in [6, 6.07) is 24.7. The molecule has 0 saturated carbocycles. The van der Waals surface area contributed by atoms with Gasteiger partial charge in [0.05, 0.1) is 23.7 Å². The van der Waals surface area contributed by atoms with Crippen LogP contribution in [0.15, 0.2) is 72.8 Å². The summed E-state index contributed by atoms with van der Waals surface area (Å²) in [5, 5.41) is 3.33. The van der Waals surface area contributed by atoms with Crippen molar-refractivity contribution in [3.8, 4) is 17.0 Å². The molecule has 0 aliphatic heterocycles. The summed E-state index contributed by atoms with van der Waals surface area (Å²) in [7, 11) is 1.70. The highest BCUT2D eigenvalue weighted by atomic mass is 16.5. The fourth-order valence-electron chi connectivity index (χ4n) is 2.86. The van der Waals surface area contributed by atoms with Crippen LogP contribution < -0.4 is 4.74 Å². The van der Waals surface area contributed by atoms with Crippen molar-refractivity contribution in [2.24, 2.45) is 0 Å². The van der Waals surface area contributed by atoms with Crippen LogP contribution in [-0.4, -0.2) is 12.1 Å². The zero-order chi connectivity index (χ0) is 14.9. The van der Waals surface area contributed by atoms with E-state index in [1.807, 2.05) is 30.3 Å². The molecule has 1 aromatic heterocycles. The van der Waals surface area contributed by atoms with Crippen molar-refractivity contribution in [2.45, 2.75) is 0 Å². The van der Waals surface area contributed by atoms with Gasteiger partial charge in [0.2, 0.25) is 0 Å². The van der Waals surface area contributed by atoms with E-state index in [2.05, 4.69) is 42.5 Å². The SMILES string of the molecule is COc1cccc2ccc3ccc(-c4ccccc4)nc3c12. The van der Waals surface area contributed by atoms with Crippen molar-refractivity contribution in [3.63, 3.8) is 0 Å². The lowest BCUT2D eigenvalue weighted by Crippen LogP contribution is -1.90. The summed E-state index contributed by atoms with van der Waals surface area (Å²) < 4.78 is 5.54. The minimum Gasteiger partial charge on any atom is -0.496 e. The Labute approximate surface area is 129 Å². The van der Waals surface area contributed by atoms with Gasteiger partial charge in [0.25, 0.3) is 0 Å².